The summed E-state index contributed by atoms with van der Waals surface area (Å²) in [6.07, 6.45) is 0. The third kappa shape index (κ3) is 5.50. The zero-order chi connectivity index (χ0) is 23.3. The summed E-state index contributed by atoms with van der Waals surface area (Å²) in [4.78, 5) is 26.8. The molecule has 1 atom stereocenters. The Morgan fingerprint density at radius 3 is 2.16 bits per heavy atom. The molecule has 9 heteroatoms. The molecule has 3 rings (SSSR count). The molecule has 32 heavy (non-hydrogen) atoms. The molecule has 0 aliphatic carbocycles. The third-order valence-electron chi connectivity index (χ3n) is 4.62. The number of carbonyl (C=O) groups is 2. The number of nitrogens with one attached hydrogen (secondary N) is 2. The van der Waals surface area contributed by atoms with E-state index < -0.39 is 46.8 Å². The number of likely N-dealkylation sites (N-methyl/N-ethyl adjacent to an activating group) is 1. The number of carbonyl (C=O) groups excluding carboxylic acids is 2. The fourth-order valence-corrected chi connectivity index (χ4v) is 3.12. The zero-order valence-electron chi connectivity index (χ0n) is 16.9. The average molecular weight is 445 g/mol. The van der Waals surface area contributed by atoms with E-state index in [0.717, 1.165) is 6.07 Å². The van der Waals surface area contributed by atoms with Crippen LogP contribution in [-0.2, 0) is 9.59 Å². The smallest absolute Gasteiger partial charge is 0.246 e. The topological polar surface area (TPSA) is 61.4 Å². The number of hydrogen-bond acceptors (Lipinski definition) is 3. The highest BCUT2D eigenvalue weighted by molar-refractivity contribution is 5.97. The van der Waals surface area contributed by atoms with Crippen molar-refractivity contribution in [3.63, 3.8) is 0 Å². The first-order valence-electron chi connectivity index (χ1n) is 9.51. The van der Waals surface area contributed by atoms with Gasteiger partial charge in [-0.05, 0) is 49.0 Å². The fourth-order valence-electron chi connectivity index (χ4n) is 3.12. The number of halogens is 4. The Balaban J connectivity index is 1.77. The van der Waals surface area contributed by atoms with Gasteiger partial charge in [-0.15, -0.1) is 0 Å². The van der Waals surface area contributed by atoms with E-state index in [0.29, 0.717) is 17.3 Å². The average Bonchev–Trinajstić information content (AvgIpc) is 2.76. The van der Waals surface area contributed by atoms with Crippen LogP contribution >= 0.6 is 0 Å². The van der Waals surface area contributed by atoms with Crippen LogP contribution in [0.2, 0.25) is 0 Å². The van der Waals surface area contributed by atoms with E-state index in [1.165, 1.54) is 36.2 Å². The van der Waals surface area contributed by atoms with Gasteiger partial charge >= 0.3 is 0 Å². The number of benzene rings is 3. The van der Waals surface area contributed by atoms with Gasteiger partial charge in [0.1, 0.15) is 11.9 Å². The van der Waals surface area contributed by atoms with Crippen LogP contribution in [0.15, 0.2) is 66.7 Å². The normalized spacial score (nSPS) is 11.8. The molecule has 3 aromatic rings. The predicted octanol–water partition coefficient (Wildman–Crippen LogP) is 4.49. The van der Waals surface area contributed by atoms with Crippen molar-refractivity contribution in [3.8, 4) is 0 Å². The van der Waals surface area contributed by atoms with Crippen molar-refractivity contribution in [2.75, 3.05) is 24.2 Å². The lowest BCUT2D eigenvalue weighted by molar-refractivity contribution is -0.123. The fraction of sp³-hybridized carbons (Fsp3) is 0.130. The van der Waals surface area contributed by atoms with E-state index in [1.54, 1.807) is 30.3 Å². The second-order valence-corrected chi connectivity index (χ2v) is 7.00. The van der Waals surface area contributed by atoms with Crippen LogP contribution in [0.5, 0.6) is 0 Å². The molecule has 0 aromatic heterocycles. The Kier molecular flexibility index (Phi) is 7.21. The Hall–Kier alpha value is -3.72. The van der Waals surface area contributed by atoms with Gasteiger partial charge in [-0.2, -0.15) is 0 Å². The lowest BCUT2D eigenvalue weighted by atomic mass is 10.0. The van der Waals surface area contributed by atoms with Crippen LogP contribution < -0.4 is 10.6 Å². The molecular weight excluding hydrogens is 426 g/mol. The molecular formula is C23H19F4N3O2. The molecule has 0 bridgehead atoms. The Morgan fingerprint density at radius 1 is 0.844 bits per heavy atom. The SMILES string of the molecule is CN(CC(=O)Nc1ccc(F)c(F)c1F)C(C(=O)Nc1ccc(F)cc1)c1ccccc1. The van der Waals surface area contributed by atoms with Crippen molar-refractivity contribution < 1.29 is 27.2 Å². The second-order valence-electron chi connectivity index (χ2n) is 7.00. The predicted molar refractivity (Wildman–Crippen MR) is 112 cm³/mol. The summed E-state index contributed by atoms with van der Waals surface area (Å²) in [6, 6.07) is 14.4. The van der Waals surface area contributed by atoms with Crippen LogP contribution in [0.1, 0.15) is 11.6 Å². The third-order valence-corrected chi connectivity index (χ3v) is 4.62. The van der Waals surface area contributed by atoms with Gasteiger partial charge in [0.05, 0.1) is 12.2 Å². The Morgan fingerprint density at radius 2 is 1.50 bits per heavy atom. The van der Waals surface area contributed by atoms with Crippen LogP contribution in [0.3, 0.4) is 0 Å². The highest BCUT2D eigenvalue weighted by Gasteiger charge is 2.27. The summed E-state index contributed by atoms with van der Waals surface area (Å²) in [5.41, 5.74) is 0.412. The molecule has 166 valence electrons. The van der Waals surface area contributed by atoms with Crippen LogP contribution in [0.25, 0.3) is 0 Å². The maximum atomic E-state index is 13.8. The molecule has 0 fully saturated rings. The molecule has 0 saturated carbocycles. The van der Waals surface area contributed by atoms with E-state index in [9.17, 15) is 27.2 Å². The lowest BCUT2D eigenvalue weighted by Gasteiger charge is -2.27. The molecule has 2 N–H and O–H groups in total. The number of nitrogens with zero attached hydrogens (tertiary/aromatic N) is 1. The quantitative estimate of drug-likeness (QED) is 0.416. The van der Waals surface area contributed by atoms with Crippen molar-refractivity contribution in [1.29, 1.82) is 0 Å². The van der Waals surface area contributed by atoms with Gasteiger partial charge in [-0.1, -0.05) is 30.3 Å². The van der Waals surface area contributed by atoms with Crippen molar-refractivity contribution in [2.45, 2.75) is 6.04 Å². The molecule has 0 radical (unpaired) electrons. The highest BCUT2D eigenvalue weighted by atomic mass is 19.2. The minimum Gasteiger partial charge on any atom is -0.324 e. The van der Waals surface area contributed by atoms with E-state index in [-0.39, 0.29) is 6.54 Å². The van der Waals surface area contributed by atoms with E-state index in [4.69, 9.17) is 0 Å². The van der Waals surface area contributed by atoms with Gasteiger partial charge in [-0.3, -0.25) is 14.5 Å². The lowest BCUT2D eigenvalue weighted by Crippen LogP contribution is -2.39. The van der Waals surface area contributed by atoms with Gasteiger partial charge in [0.25, 0.3) is 0 Å². The van der Waals surface area contributed by atoms with Gasteiger partial charge in [0.2, 0.25) is 11.8 Å². The molecule has 3 aromatic carbocycles. The summed E-state index contributed by atoms with van der Waals surface area (Å²) in [5, 5.41) is 4.84. The highest BCUT2D eigenvalue weighted by Crippen LogP contribution is 2.23. The van der Waals surface area contributed by atoms with E-state index in [2.05, 4.69) is 10.6 Å². The standard InChI is InChI=1S/C23H19F4N3O2/c1-30(13-19(31)29-18-12-11-17(25)20(26)21(18)27)22(14-5-3-2-4-6-14)23(32)28-16-9-7-15(24)8-10-16/h2-12,22H,13H2,1H3,(H,28,32)(H,29,31). The maximum absolute atomic E-state index is 13.8. The molecule has 5 nitrogen and oxygen atoms in total. The van der Waals surface area contributed by atoms with Gasteiger partial charge in [0, 0.05) is 5.69 Å². The molecule has 2 amide bonds. The van der Waals surface area contributed by atoms with E-state index >= 15 is 0 Å². The monoisotopic (exact) mass is 445 g/mol. The second kappa shape index (κ2) is 10.1. The molecule has 0 heterocycles. The van der Waals surface area contributed by atoms with E-state index in [1.807, 2.05) is 0 Å². The summed E-state index contributed by atoms with van der Waals surface area (Å²) in [7, 11) is 1.50. The summed E-state index contributed by atoms with van der Waals surface area (Å²) in [6.45, 7) is -0.366. The minimum absolute atomic E-state index is 0.360. The molecule has 0 aliphatic heterocycles. The van der Waals surface area contributed by atoms with Crippen LogP contribution in [0.4, 0.5) is 28.9 Å². The molecule has 0 spiro atoms. The zero-order valence-corrected chi connectivity index (χ0v) is 16.9. The Labute approximate surface area is 181 Å². The minimum atomic E-state index is -1.70. The first-order chi connectivity index (χ1) is 15.3. The first kappa shape index (κ1) is 23.0. The number of hydrogen-bond donors (Lipinski definition) is 2. The number of rotatable bonds is 7. The van der Waals surface area contributed by atoms with Crippen molar-refractivity contribution in [1.82, 2.24) is 4.90 Å². The largest absolute Gasteiger partial charge is 0.324 e. The van der Waals surface area contributed by atoms with Crippen molar-refractivity contribution in [3.05, 3.63) is 95.6 Å². The van der Waals surface area contributed by atoms with Crippen molar-refractivity contribution in [2.24, 2.45) is 0 Å². The summed E-state index contributed by atoms with van der Waals surface area (Å²) >= 11 is 0. The van der Waals surface area contributed by atoms with Crippen LogP contribution in [0, 0.1) is 23.3 Å². The molecule has 1 unspecified atom stereocenters. The van der Waals surface area contributed by atoms with Gasteiger partial charge in [-0.25, -0.2) is 17.6 Å². The number of amides is 2. The molecule has 0 saturated heterocycles. The van der Waals surface area contributed by atoms with Gasteiger partial charge in [0.15, 0.2) is 17.5 Å². The molecule has 0 aliphatic rings. The van der Waals surface area contributed by atoms with Crippen molar-refractivity contribution >= 4 is 23.2 Å². The first-order valence-corrected chi connectivity index (χ1v) is 9.51. The summed E-state index contributed by atoms with van der Waals surface area (Å²) in [5.74, 6) is -6.28. The van der Waals surface area contributed by atoms with Gasteiger partial charge < -0.3 is 10.6 Å². The summed E-state index contributed by atoms with van der Waals surface area (Å²) < 4.78 is 53.5. The Bertz CT molecular complexity index is 1110. The number of anilines is 2. The van der Waals surface area contributed by atoms with Crippen LogP contribution in [-0.4, -0.2) is 30.3 Å². The maximum Gasteiger partial charge on any atom is 0.246 e.